The number of aromatic hydroxyl groups is 1. The molecule has 3 heterocycles. The van der Waals surface area contributed by atoms with E-state index >= 15 is 0 Å². The van der Waals surface area contributed by atoms with Gasteiger partial charge in [-0.1, -0.05) is 13.8 Å². The van der Waals surface area contributed by atoms with E-state index in [0.717, 1.165) is 25.1 Å². The van der Waals surface area contributed by atoms with E-state index < -0.39 is 0 Å². The third-order valence-corrected chi connectivity index (χ3v) is 4.10. The van der Waals surface area contributed by atoms with Crippen molar-refractivity contribution in [2.75, 3.05) is 6.54 Å². The second-order valence-electron chi connectivity index (χ2n) is 6.11. The van der Waals surface area contributed by atoms with E-state index in [1.807, 2.05) is 13.8 Å². The van der Waals surface area contributed by atoms with E-state index in [2.05, 4.69) is 20.2 Å². The Bertz CT molecular complexity index is 697. The zero-order chi connectivity index (χ0) is 16.4. The maximum Gasteiger partial charge on any atom is 0.276 e. The van der Waals surface area contributed by atoms with Crippen molar-refractivity contribution in [2.45, 2.75) is 45.1 Å². The molecule has 1 saturated heterocycles. The van der Waals surface area contributed by atoms with Crippen LogP contribution in [0.15, 0.2) is 18.3 Å². The number of pyridine rings is 1. The van der Waals surface area contributed by atoms with Crippen LogP contribution >= 0.6 is 0 Å². The third kappa shape index (κ3) is 3.04. The van der Waals surface area contributed by atoms with Crippen LogP contribution < -0.4 is 0 Å². The zero-order valence-electron chi connectivity index (χ0n) is 13.4. The Morgan fingerprint density at radius 1 is 1.43 bits per heavy atom. The Kier molecular flexibility index (Phi) is 4.27. The lowest BCUT2D eigenvalue weighted by Gasteiger charge is -2.34. The molecule has 0 saturated carbocycles. The minimum Gasteiger partial charge on any atom is -0.505 e. The fourth-order valence-corrected chi connectivity index (χ4v) is 2.85. The second-order valence-corrected chi connectivity index (χ2v) is 6.11. The molecule has 2 aromatic rings. The Hall–Kier alpha value is -2.44. The maximum absolute atomic E-state index is 12.8. The number of nitrogens with one attached hydrogen (secondary N) is 1. The molecule has 23 heavy (non-hydrogen) atoms. The van der Waals surface area contributed by atoms with Crippen molar-refractivity contribution < 1.29 is 9.90 Å². The van der Waals surface area contributed by atoms with E-state index in [1.54, 1.807) is 11.0 Å². The van der Waals surface area contributed by atoms with E-state index in [9.17, 15) is 9.90 Å². The smallest absolute Gasteiger partial charge is 0.276 e. The summed E-state index contributed by atoms with van der Waals surface area (Å²) in [6.07, 6.45) is 4.30. The number of rotatable bonds is 3. The number of carbonyl (C=O) groups excluding carboxylic acids is 1. The van der Waals surface area contributed by atoms with Gasteiger partial charge in [0.25, 0.3) is 5.91 Å². The van der Waals surface area contributed by atoms with Gasteiger partial charge < -0.3 is 10.0 Å². The molecule has 0 spiro atoms. The number of likely N-dealkylation sites (tertiary alicyclic amines) is 1. The second kappa shape index (κ2) is 6.36. The van der Waals surface area contributed by atoms with Crippen LogP contribution in [-0.4, -0.2) is 42.6 Å². The Morgan fingerprint density at radius 3 is 2.96 bits per heavy atom. The van der Waals surface area contributed by atoms with Crippen molar-refractivity contribution >= 4 is 5.91 Å². The van der Waals surface area contributed by atoms with Crippen LogP contribution in [0, 0.1) is 0 Å². The van der Waals surface area contributed by atoms with Crippen molar-refractivity contribution in [3.05, 3.63) is 35.7 Å². The van der Waals surface area contributed by atoms with E-state index in [0.29, 0.717) is 12.4 Å². The molecule has 1 aliphatic heterocycles. The number of amides is 1. The van der Waals surface area contributed by atoms with Gasteiger partial charge in [0.1, 0.15) is 11.6 Å². The van der Waals surface area contributed by atoms with Gasteiger partial charge in [0, 0.05) is 18.7 Å². The molecule has 0 aliphatic carbocycles. The van der Waals surface area contributed by atoms with Gasteiger partial charge in [-0.3, -0.25) is 9.89 Å². The van der Waals surface area contributed by atoms with Gasteiger partial charge in [0.05, 0.1) is 6.04 Å². The summed E-state index contributed by atoms with van der Waals surface area (Å²) in [5.41, 5.74) is 0.0861. The van der Waals surface area contributed by atoms with Crippen molar-refractivity contribution in [1.29, 1.82) is 0 Å². The summed E-state index contributed by atoms with van der Waals surface area (Å²) < 4.78 is 0. The number of carbonyl (C=O) groups is 1. The van der Waals surface area contributed by atoms with E-state index in [4.69, 9.17) is 0 Å². The summed E-state index contributed by atoms with van der Waals surface area (Å²) in [6, 6.07) is 2.92. The number of aromatic nitrogens is 4. The highest BCUT2D eigenvalue weighted by atomic mass is 16.3. The minimum absolute atomic E-state index is 0.0861. The Morgan fingerprint density at radius 2 is 2.26 bits per heavy atom. The predicted molar refractivity (Wildman–Crippen MR) is 84.0 cm³/mol. The molecule has 1 fully saturated rings. The average molecular weight is 315 g/mol. The molecule has 1 atom stereocenters. The van der Waals surface area contributed by atoms with Gasteiger partial charge in [-0.25, -0.2) is 9.97 Å². The molecule has 2 N–H and O–H groups in total. The summed E-state index contributed by atoms with van der Waals surface area (Å²) in [4.78, 5) is 23.1. The highest BCUT2D eigenvalue weighted by Crippen LogP contribution is 2.31. The number of H-pyrrole nitrogens is 1. The number of piperidine rings is 1. The van der Waals surface area contributed by atoms with Gasteiger partial charge in [-0.2, -0.15) is 5.10 Å². The quantitative estimate of drug-likeness (QED) is 0.907. The minimum atomic E-state index is -0.268. The van der Waals surface area contributed by atoms with Crippen LogP contribution in [0.4, 0.5) is 0 Å². The van der Waals surface area contributed by atoms with Gasteiger partial charge >= 0.3 is 0 Å². The first-order valence-corrected chi connectivity index (χ1v) is 7.95. The summed E-state index contributed by atoms with van der Waals surface area (Å²) in [6.45, 7) is 4.68. The zero-order valence-corrected chi connectivity index (χ0v) is 13.4. The predicted octanol–water partition coefficient (Wildman–Crippen LogP) is 2.40. The first kappa shape index (κ1) is 15.5. The highest BCUT2D eigenvalue weighted by molar-refractivity contribution is 5.95. The monoisotopic (exact) mass is 315 g/mol. The SMILES string of the molecule is CC(C)c1n[nH]c(C2CCCCN2C(=O)c2ncccc2O)n1. The molecule has 0 bridgehead atoms. The first-order chi connectivity index (χ1) is 11.1. The number of nitrogens with zero attached hydrogens (tertiary/aromatic N) is 4. The summed E-state index contributed by atoms with van der Waals surface area (Å²) in [7, 11) is 0. The molecule has 1 aliphatic rings. The van der Waals surface area contributed by atoms with Gasteiger partial charge in [0.2, 0.25) is 0 Å². The van der Waals surface area contributed by atoms with Crippen LogP contribution in [0.5, 0.6) is 5.75 Å². The van der Waals surface area contributed by atoms with Gasteiger partial charge in [-0.15, -0.1) is 0 Å². The summed E-state index contributed by atoms with van der Waals surface area (Å²) in [5.74, 6) is 1.32. The highest BCUT2D eigenvalue weighted by Gasteiger charge is 2.32. The molecular weight excluding hydrogens is 294 g/mol. The van der Waals surface area contributed by atoms with Crippen LogP contribution in [0.2, 0.25) is 0 Å². The lowest BCUT2D eigenvalue weighted by atomic mass is 10.0. The molecule has 0 aromatic carbocycles. The van der Waals surface area contributed by atoms with Crippen molar-refractivity contribution in [2.24, 2.45) is 0 Å². The first-order valence-electron chi connectivity index (χ1n) is 7.95. The van der Waals surface area contributed by atoms with Crippen LogP contribution in [0.3, 0.4) is 0 Å². The van der Waals surface area contributed by atoms with Crippen LogP contribution in [0.25, 0.3) is 0 Å². The molecule has 1 unspecified atom stereocenters. The van der Waals surface area contributed by atoms with Crippen LogP contribution in [-0.2, 0) is 0 Å². The largest absolute Gasteiger partial charge is 0.505 e. The Labute approximate surface area is 134 Å². The Balaban J connectivity index is 1.89. The molecule has 3 rings (SSSR count). The summed E-state index contributed by atoms with van der Waals surface area (Å²) in [5, 5.41) is 17.1. The maximum atomic E-state index is 12.8. The molecule has 0 radical (unpaired) electrons. The molecule has 7 heteroatoms. The fraction of sp³-hybridized carbons (Fsp3) is 0.500. The third-order valence-electron chi connectivity index (χ3n) is 4.10. The van der Waals surface area contributed by atoms with E-state index in [-0.39, 0.29) is 29.3 Å². The molecule has 122 valence electrons. The molecule has 7 nitrogen and oxygen atoms in total. The van der Waals surface area contributed by atoms with Crippen molar-refractivity contribution in [3.8, 4) is 5.75 Å². The van der Waals surface area contributed by atoms with Crippen molar-refractivity contribution in [3.63, 3.8) is 0 Å². The van der Waals surface area contributed by atoms with E-state index in [1.165, 1.54) is 12.3 Å². The lowest BCUT2D eigenvalue weighted by Crippen LogP contribution is -2.39. The standard InChI is InChI=1S/C16H21N5O2/c1-10(2)14-18-15(20-19-14)11-6-3-4-9-21(11)16(23)13-12(22)7-5-8-17-13/h5,7-8,10-11,22H,3-4,6,9H2,1-2H3,(H,18,19,20). The fourth-order valence-electron chi connectivity index (χ4n) is 2.85. The lowest BCUT2D eigenvalue weighted by molar-refractivity contribution is 0.0591. The number of hydrogen-bond acceptors (Lipinski definition) is 5. The number of hydrogen-bond donors (Lipinski definition) is 2. The number of aromatic amines is 1. The van der Waals surface area contributed by atoms with Gasteiger partial charge in [0.15, 0.2) is 11.5 Å². The molecule has 2 aromatic heterocycles. The van der Waals surface area contributed by atoms with Crippen molar-refractivity contribution in [1.82, 2.24) is 25.1 Å². The molecular formula is C16H21N5O2. The average Bonchev–Trinajstić information content (AvgIpc) is 3.05. The van der Waals surface area contributed by atoms with Crippen LogP contribution in [0.1, 0.15) is 67.2 Å². The normalized spacial score (nSPS) is 18.4. The summed E-state index contributed by atoms with van der Waals surface area (Å²) >= 11 is 0. The molecule has 1 amide bonds. The topological polar surface area (TPSA) is 95.0 Å². The van der Waals surface area contributed by atoms with Gasteiger partial charge in [-0.05, 0) is 31.4 Å².